The van der Waals surface area contributed by atoms with E-state index in [-0.39, 0.29) is 31.0 Å². The van der Waals surface area contributed by atoms with Crippen molar-refractivity contribution >= 4 is 18.2 Å². The van der Waals surface area contributed by atoms with Gasteiger partial charge in [0.15, 0.2) is 10.6 Å². The molecule has 3 rings (SSSR count). The molecule has 1 N–H and O–H groups in total. The number of hydrogen-bond acceptors (Lipinski definition) is 2. The van der Waals surface area contributed by atoms with Crippen molar-refractivity contribution in [3.63, 3.8) is 0 Å². The molecule has 0 amide bonds. The van der Waals surface area contributed by atoms with Crippen LogP contribution < -0.4 is 45.4 Å². The molecule has 0 bridgehead atoms. The van der Waals surface area contributed by atoms with Gasteiger partial charge in [-0.3, -0.25) is 0 Å². The van der Waals surface area contributed by atoms with E-state index < -0.39 is 7.64 Å². The van der Waals surface area contributed by atoms with E-state index in [2.05, 4.69) is 29.5 Å². The molecular weight excluding hydrogens is 228 g/mol. The third-order valence-electron chi connectivity index (χ3n) is 2.51. The van der Waals surface area contributed by atoms with E-state index in [1.54, 1.807) is 0 Å². The molecule has 2 nitrogen and oxygen atoms in total. The predicted octanol–water partition coefficient (Wildman–Crippen LogP) is -0.864. The average molecular weight is 240 g/mol. The Morgan fingerprint density at radius 2 is 1.19 bits per heavy atom. The van der Waals surface area contributed by atoms with E-state index >= 15 is 0 Å². The first-order chi connectivity index (χ1) is 7.42. The fourth-order valence-electron chi connectivity index (χ4n) is 1.68. The van der Waals surface area contributed by atoms with Crippen LogP contribution in [0.2, 0.25) is 0 Å². The Balaban J connectivity index is 0.000000722. The van der Waals surface area contributed by atoms with E-state index in [9.17, 15) is 0 Å². The van der Waals surface area contributed by atoms with Gasteiger partial charge >= 0.3 is 37.2 Å². The molecule has 2 aromatic rings. The van der Waals surface area contributed by atoms with Gasteiger partial charge in [-0.05, 0) is 24.3 Å². The van der Waals surface area contributed by atoms with Crippen molar-refractivity contribution in [1.29, 1.82) is 0 Å². The zero-order chi connectivity index (χ0) is 10.1. The molecule has 0 unspecified atom stereocenters. The first kappa shape index (κ1) is 12.3. The number of nitrogens with one attached hydrogen (secondary N) is 1. The van der Waals surface area contributed by atoms with E-state index in [4.69, 9.17) is 4.62 Å². The normalized spacial score (nSPS) is 16.2. The second-order valence-corrected chi connectivity index (χ2v) is 6.08. The molecule has 0 aliphatic carbocycles. The summed E-state index contributed by atoms with van der Waals surface area (Å²) >= 11 is 0. The molecule has 0 radical (unpaired) electrons. The first-order valence-electron chi connectivity index (χ1n) is 4.88. The minimum absolute atomic E-state index is 0. The molecule has 0 saturated carbocycles. The van der Waals surface area contributed by atoms with Gasteiger partial charge in [-0.15, -0.1) is 0 Å². The zero-order valence-corrected chi connectivity index (χ0v) is 12.0. The van der Waals surface area contributed by atoms with Crippen LogP contribution in [0.3, 0.4) is 0 Å². The molecule has 1 heterocycles. The molecule has 1 aliphatic rings. The van der Waals surface area contributed by atoms with Gasteiger partial charge in [0.25, 0.3) is 0 Å². The first-order valence-corrected chi connectivity index (χ1v) is 6.59. The van der Waals surface area contributed by atoms with Crippen LogP contribution in [0.1, 0.15) is 1.43 Å². The van der Waals surface area contributed by atoms with Gasteiger partial charge < -0.3 is 1.43 Å². The maximum atomic E-state index is 5.53. The summed E-state index contributed by atoms with van der Waals surface area (Å²) in [4.78, 5) is 0. The summed E-state index contributed by atoms with van der Waals surface area (Å²) < 4.78 is 5.53. The third-order valence-corrected chi connectivity index (χ3v) is 5.11. The van der Waals surface area contributed by atoms with Crippen molar-refractivity contribution < 1.29 is 35.6 Å². The molecule has 76 valence electrons. The fourth-order valence-corrected chi connectivity index (χ4v) is 3.91. The monoisotopic (exact) mass is 240 g/mol. The number of rotatable bonds is 2. The molecule has 1 saturated heterocycles. The fraction of sp³-hybridized carbons (Fsp3) is 0. The number of benzene rings is 2. The molecule has 4 heteroatoms. The van der Waals surface area contributed by atoms with Gasteiger partial charge in [0.2, 0.25) is 0 Å². The minimum atomic E-state index is -1.65. The van der Waals surface area contributed by atoms with Crippen molar-refractivity contribution in [2.24, 2.45) is 0 Å². The van der Waals surface area contributed by atoms with E-state index in [0.717, 1.165) is 0 Å². The Kier molecular flexibility index (Phi) is 3.81. The maximum absolute atomic E-state index is 5.53. The Bertz CT molecular complexity index is 423. The van der Waals surface area contributed by atoms with Crippen molar-refractivity contribution in [3.05, 3.63) is 60.7 Å². The zero-order valence-electron chi connectivity index (χ0n) is 10.1. The summed E-state index contributed by atoms with van der Waals surface area (Å²) in [5.41, 5.74) is 0. The van der Waals surface area contributed by atoms with Crippen molar-refractivity contribution in [3.8, 4) is 0 Å². The summed E-state index contributed by atoms with van der Waals surface area (Å²) in [5, 5.41) is 5.58. The molecule has 0 spiro atoms. The van der Waals surface area contributed by atoms with Gasteiger partial charge in [0, 0.05) is 5.25 Å². The Labute approximate surface area is 119 Å². The van der Waals surface area contributed by atoms with E-state index in [0.29, 0.717) is 0 Å². The molecule has 0 aromatic heterocycles. The topological polar surface area (TPSA) is 34.5 Å². The van der Waals surface area contributed by atoms with Crippen molar-refractivity contribution in [2.45, 2.75) is 0 Å². The van der Waals surface area contributed by atoms with Crippen LogP contribution in [0.15, 0.2) is 60.7 Å². The largest absolute Gasteiger partial charge is 1.00 e. The average Bonchev–Trinajstić information content (AvgIpc) is 3.13. The second-order valence-electron chi connectivity index (χ2n) is 3.46. The maximum Gasteiger partial charge on any atom is 1.00 e. The minimum Gasteiger partial charge on any atom is -1.00 e. The van der Waals surface area contributed by atoms with Gasteiger partial charge in [-0.1, -0.05) is 41.0 Å². The predicted molar refractivity (Wildman–Crippen MR) is 64.4 cm³/mol. The quantitative estimate of drug-likeness (QED) is 0.421. The Morgan fingerprint density at radius 1 is 0.812 bits per heavy atom. The van der Waals surface area contributed by atoms with Crippen molar-refractivity contribution in [2.75, 3.05) is 0 Å². The summed E-state index contributed by atoms with van der Waals surface area (Å²) in [5.74, 6) is 0. The number of hydrogen-bond donors (Lipinski definition) is 1. The van der Waals surface area contributed by atoms with Crippen LogP contribution in [-0.2, 0) is 4.62 Å². The van der Waals surface area contributed by atoms with Crippen LogP contribution in [0.4, 0.5) is 0 Å². The summed E-state index contributed by atoms with van der Waals surface area (Å²) in [7, 11) is -1.65. The SMILES string of the molecule is [H-].[Na+].c1ccc([P+]2(c3ccccc3)NO2)cc1. The Hall–Kier alpha value is -0.210. The molecule has 2 aromatic carbocycles. The Morgan fingerprint density at radius 3 is 1.50 bits per heavy atom. The molecule has 0 atom stereocenters. The van der Waals surface area contributed by atoms with Crippen LogP contribution in [-0.4, -0.2) is 0 Å². The third kappa shape index (κ3) is 2.10. The van der Waals surface area contributed by atoms with Crippen LogP contribution in [0.5, 0.6) is 0 Å². The van der Waals surface area contributed by atoms with Gasteiger partial charge in [0.05, 0.1) is 0 Å². The van der Waals surface area contributed by atoms with Crippen LogP contribution in [0, 0.1) is 0 Å². The smallest absolute Gasteiger partial charge is 1.00 e. The molecule has 1 fully saturated rings. The second kappa shape index (κ2) is 4.97. The van der Waals surface area contributed by atoms with Crippen LogP contribution >= 0.6 is 7.64 Å². The van der Waals surface area contributed by atoms with E-state index in [1.807, 2.05) is 36.4 Å². The summed E-state index contributed by atoms with van der Waals surface area (Å²) in [6, 6.07) is 20.7. The summed E-state index contributed by atoms with van der Waals surface area (Å²) in [6.07, 6.45) is 0. The molecular formula is C12H12NNaOP+. The van der Waals surface area contributed by atoms with Crippen LogP contribution in [0.25, 0.3) is 0 Å². The molecule has 16 heavy (non-hydrogen) atoms. The van der Waals surface area contributed by atoms with Gasteiger partial charge in [-0.2, -0.15) is 0 Å². The van der Waals surface area contributed by atoms with Gasteiger partial charge in [0.1, 0.15) is 0 Å². The molecule has 1 aliphatic heterocycles. The standard InChI is InChI=1S/C12H11NOP.Na.H/c1-3-7-11(8-4-1)15(13-14-15)12-9-5-2-6-10-12;;/h1-10,13H;;/q2*+1;-1. The van der Waals surface area contributed by atoms with Crippen molar-refractivity contribution in [1.82, 2.24) is 5.25 Å². The van der Waals surface area contributed by atoms with E-state index in [1.165, 1.54) is 10.6 Å². The summed E-state index contributed by atoms with van der Waals surface area (Å²) in [6.45, 7) is 0. The van der Waals surface area contributed by atoms with Gasteiger partial charge in [-0.25, -0.2) is 0 Å².